The molecule has 3 rings (SSSR count). The van der Waals surface area contributed by atoms with Crippen LogP contribution in [0.5, 0.6) is 11.5 Å². The summed E-state index contributed by atoms with van der Waals surface area (Å²) in [4.78, 5) is 14.7. The van der Waals surface area contributed by atoms with Gasteiger partial charge in [0, 0.05) is 31.7 Å². The summed E-state index contributed by atoms with van der Waals surface area (Å²) >= 11 is 0. The van der Waals surface area contributed by atoms with Gasteiger partial charge in [0.2, 0.25) is 6.79 Å². The first-order valence-electron chi connectivity index (χ1n) is 8.13. The lowest BCUT2D eigenvalue weighted by atomic mass is 10.1. The number of hydrogen-bond donors (Lipinski definition) is 1. The topological polar surface area (TPSA) is 60.0 Å². The Hall–Kier alpha value is -1.79. The second-order valence-electron chi connectivity index (χ2n) is 6.42. The van der Waals surface area contributed by atoms with Crippen molar-refractivity contribution in [1.29, 1.82) is 0 Å². The molecule has 0 aliphatic carbocycles. The molecule has 0 bridgehead atoms. The smallest absolute Gasteiger partial charge is 0.251 e. The summed E-state index contributed by atoms with van der Waals surface area (Å²) in [5, 5.41) is 2.95. The van der Waals surface area contributed by atoms with Crippen LogP contribution in [0.25, 0.3) is 0 Å². The molecule has 126 valence electrons. The molecule has 1 fully saturated rings. The molecule has 2 heterocycles. The summed E-state index contributed by atoms with van der Waals surface area (Å²) < 4.78 is 16.3. The van der Waals surface area contributed by atoms with Gasteiger partial charge < -0.3 is 19.5 Å². The predicted molar refractivity (Wildman–Crippen MR) is 85.9 cm³/mol. The van der Waals surface area contributed by atoms with Gasteiger partial charge in [-0.3, -0.25) is 9.69 Å². The Labute approximate surface area is 136 Å². The van der Waals surface area contributed by atoms with Crippen LogP contribution in [-0.4, -0.2) is 56.5 Å². The fourth-order valence-corrected chi connectivity index (χ4v) is 2.93. The fraction of sp³-hybridized carbons (Fsp3) is 0.588. The van der Waals surface area contributed by atoms with Crippen molar-refractivity contribution in [3.8, 4) is 11.5 Å². The lowest BCUT2D eigenvalue weighted by Gasteiger charge is -2.33. The van der Waals surface area contributed by atoms with Gasteiger partial charge in [-0.05, 0) is 24.1 Å². The Morgan fingerprint density at radius 1 is 1.35 bits per heavy atom. The first kappa shape index (κ1) is 16.1. The maximum absolute atomic E-state index is 12.3. The van der Waals surface area contributed by atoms with E-state index in [1.165, 1.54) is 0 Å². The van der Waals surface area contributed by atoms with Crippen LogP contribution >= 0.6 is 0 Å². The Bertz CT molecular complexity index is 562. The number of amides is 1. The van der Waals surface area contributed by atoms with E-state index in [-0.39, 0.29) is 18.8 Å². The number of nitrogens with zero attached hydrogens (tertiary/aromatic N) is 1. The number of rotatable bonds is 5. The molecule has 1 N–H and O–H groups in total. The van der Waals surface area contributed by atoms with Gasteiger partial charge in [0.1, 0.15) is 0 Å². The number of carbonyl (C=O) groups is 1. The third-order valence-corrected chi connectivity index (χ3v) is 3.97. The van der Waals surface area contributed by atoms with Gasteiger partial charge in [-0.2, -0.15) is 0 Å². The molecule has 6 heteroatoms. The van der Waals surface area contributed by atoms with Crippen LogP contribution in [0.1, 0.15) is 24.2 Å². The minimum Gasteiger partial charge on any atom is -0.454 e. The van der Waals surface area contributed by atoms with E-state index in [0.717, 1.165) is 26.2 Å². The second kappa shape index (κ2) is 7.19. The Morgan fingerprint density at radius 2 is 2.17 bits per heavy atom. The van der Waals surface area contributed by atoms with Crippen LogP contribution in [0.4, 0.5) is 0 Å². The van der Waals surface area contributed by atoms with E-state index in [4.69, 9.17) is 14.2 Å². The molecule has 0 unspecified atom stereocenters. The van der Waals surface area contributed by atoms with E-state index in [0.29, 0.717) is 29.5 Å². The highest BCUT2D eigenvalue weighted by atomic mass is 16.7. The molecule has 1 saturated heterocycles. The van der Waals surface area contributed by atoms with Crippen LogP contribution < -0.4 is 14.8 Å². The normalized spacial score (nSPS) is 20.7. The number of benzene rings is 1. The van der Waals surface area contributed by atoms with Crippen molar-refractivity contribution >= 4 is 5.91 Å². The van der Waals surface area contributed by atoms with E-state index in [2.05, 4.69) is 24.1 Å². The van der Waals surface area contributed by atoms with Crippen LogP contribution in [0.3, 0.4) is 0 Å². The van der Waals surface area contributed by atoms with Gasteiger partial charge in [-0.25, -0.2) is 0 Å². The summed E-state index contributed by atoms with van der Waals surface area (Å²) in [6.45, 7) is 8.76. The summed E-state index contributed by atoms with van der Waals surface area (Å²) in [6, 6.07) is 5.22. The molecule has 2 aliphatic heterocycles. The zero-order valence-corrected chi connectivity index (χ0v) is 13.7. The molecule has 1 aromatic carbocycles. The Balaban J connectivity index is 1.50. The molecule has 2 aliphatic rings. The standard InChI is InChI=1S/C17H24N2O4/c1-12(2)9-19-5-6-21-14(10-19)8-18-17(20)13-3-4-15-16(7-13)23-11-22-15/h3-4,7,12,14H,5-6,8-11H2,1-2H3,(H,18,20)/t14-/m0/s1. The number of ether oxygens (including phenoxy) is 3. The third-order valence-electron chi connectivity index (χ3n) is 3.97. The van der Waals surface area contributed by atoms with Crippen LogP contribution in [0.15, 0.2) is 18.2 Å². The summed E-state index contributed by atoms with van der Waals surface area (Å²) in [7, 11) is 0. The molecule has 23 heavy (non-hydrogen) atoms. The molecule has 1 atom stereocenters. The maximum Gasteiger partial charge on any atom is 0.251 e. The molecule has 0 radical (unpaired) electrons. The van der Waals surface area contributed by atoms with Crippen molar-refractivity contribution in [3.05, 3.63) is 23.8 Å². The summed E-state index contributed by atoms with van der Waals surface area (Å²) in [5.41, 5.74) is 0.573. The third kappa shape index (κ3) is 4.14. The zero-order valence-electron chi connectivity index (χ0n) is 13.7. The largest absolute Gasteiger partial charge is 0.454 e. The minimum absolute atomic E-state index is 0.0421. The SMILES string of the molecule is CC(C)CN1CCO[C@@H](CNC(=O)c2ccc3c(c2)OCO3)C1. The molecular formula is C17H24N2O4. The van der Waals surface area contributed by atoms with Gasteiger partial charge in [-0.1, -0.05) is 13.8 Å². The average Bonchev–Trinajstić information content (AvgIpc) is 3.00. The van der Waals surface area contributed by atoms with Crippen molar-refractivity contribution in [2.75, 3.05) is 39.6 Å². The fourth-order valence-electron chi connectivity index (χ4n) is 2.93. The van der Waals surface area contributed by atoms with Gasteiger partial charge in [-0.15, -0.1) is 0 Å². The number of carbonyl (C=O) groups excluding carboxylic acids is 1. The molecule has 1 aromatic rings. The number of nitrogens with one attached hydrogen (secondary N) is 1. The van der Waals surface area contributed by atoms with Gasteiger partial charge in [0.05, 0.1) is 12.7 Å². The van der Waals surface area contributed by atoms with Crippen molar-refractivity contribution in [3.63, 3.8) is 0 Å². The lowest BCUT2D eigenvalue weighted by Crippen LogP contribution is -2.48. The Morgan fingerprint density at radius 3 is 3.00 bits per heavy atom. The molecule has 0 spiro atoms. The maximum atomic E-state index is 12.3. The predicted octanol–water partition coefficient (Wildman–Crippen LogP) is 1.50. The molecular weight excluding hydrogens is 296 g/mol. The summed E-state index contributed by atoms with van der Waals surface area (Å²) in [5.74, 6) is 1.82. The Kier molecular flexibility index (Phi) is 5.03. The van der Waals surface area contributed by atoms with Crippen molar-refractivity contribution < 1.29 is 19.0 Å². The quantitative estimate of drug-likeness (QED) is 0.891. The first-order valence-corrected chi connectivity index (χ1v) is 8.13. The van der Waals surface area contributed by atoms with Crippen LogP contribution in [0.2, 0.25) is 0 Å². The van der Waals surface area contributed by atoms with E-state index in [9.17, 15) is 4.79 Å². The van der Waals surface area contributed by atoms with Crippen LogP contribution in [0, 0.1) is 5.92 Å². The van der Waals surface area contributed by atoms with Crippen LogP contribution in [-0.2, 0) is 4.74 Å². The van der Waals surface area contributed by atoms with E-state index < -0.39 is 0 Å². The van der Waals surface area contributed by atoms with Crippen molar-refractivity contribution in [2.24, 2.45) is 5.92 Å². The van der Waals surface area contributed by atoms with E-state index in [1.54, 1.807) is 18.2 Å². The first-order chi connectivity index (χ1) is 11.1. The summed E-state index contributed by atoms with van der Waals surface area (Å²) in [6.07, 6.45) is 0.0421. The van der Waals surface area contributed by atoms with Crippen molar-refractivity contribution in [2.45, 2.75) is 20.0 Å². The number of morpholine rings is 1. The number of hydrogen-bond acceptors (Lipinski definition) is 5. The molecule has 1 amide bonds. The van der Waals surface area contributed by atoms with E-state index >= 15 is 0 Å². The van der Waals surface area contributed by atoms with Crippen molar-refractivity contribution in [1.82, 2.24) is 10.2 Å². The number of fused-ring (bicyclic) bond motifs is 1. The van der Waals surface area contributed by atoms with Gasteiger partial charge >= 0.3 is 0 Å². The highest BCUT2D eigenvalue weighted by molar-refractivity contribution is 5.94. The zero-order chi connectivity index (χ0) is 16.2. The van der Waals surface area contributed by atoms with Gasteiger partial charge in [0.15, 0.2) is 11.5 Å². The van der Waals surface area contributed by atoms with Gasteiger partial charge in [0.25, 0.3) is 5.91 Å². The monoisotopic (exact) mass is 320 g/mol. The highest BCUT2D eigenvalue weighted by Crippen LogP contribution is 2.32. The lowest BCUT2D eigenvalue weighted by molar-refractivity contribution is -0.0295. The molecule has 0 aromatic heterocycles. The molecule has 6 nitrogen and oxygen atoms in total. The average molecular weight is 320 g/mol. The minimum atomic E-state index is -0.118. The molecule has 0 saturated carbocycles. The highest BCUT2D eigenvalue weighted by Gasteiger charge is 2.22. The second-order valence-corrected chi connectivity index (χ2v) is 6.42. The van der Waals surface area contributed by atoms with E-state index in [1.807, 2.05) is 0 Å².